The Morgan fingerprint density at radius 2 is 2.00 bits per heavy atom. The standard InChI is InChI=1S/C7H10ClNO2/c1-3-5(4(2)8)7(11)9-6(3)10/h3-5H,1-2H3,(H,9,10,11)/t3-,4?,5-/m0/s1. The van der Waals surface area contributed by atoms with Crippen LogP contribution in [0.1, 0.15) is 13.8 Å². The number of carbonyl (C=O) groups is 2. The van der Waals surface area contributed by atoms with Crippen molar-refractivity contribution in [2.24, 2.45) is 11.8 Å². The molecule has 1 fully saturated rings. The minimum Gasteiger partial charge on any atom is -0.296 e. The van der Waals surface area contributed by atoms with Crippen molar-refractivity contribution in [3.05, 3.63) is 0 Å². The van der Waals surface area contributed by atoms with Gasteiger partial charge in [0.2, 0.25) is 11.8 Å². The molecule has 0 aromatic heterocycles. The Balaban J connectivity index is 2.79. The van der Waals surface area contributed by atoms with Gasteiger partial charge in [0.05, 0.1) is 5.92 Å². The maximum absolute atomic E-state index is 11.0. The molecule has 1 unspecified atom stereocenters. The smallest absolute Gasteiger partial charge is 0.231 e. The number of amides is 2. The van der Waals surface area contributed by atoms with E-state index in [9.17, 15) is 9.59 Å². The summed E-state index contributed by atoms with van der Waals surface area (Å²) < 4.78 is 0. The lowest BCUT2D eigenvalue weighted by Crippen LogP contribution is -2.25. The van der Waals surface area contributed by atoms with E-state index in [0.717, 1.165) is 0 Å². The number of nitrogens with one attached hydrogen (secondary N) is 1. The first-order valence-electron chi connectivity index (χ1n) is 3.53. The molecule has 0 aliphatic carbocycles. The molecule has 2 amide bonds. The number of halogens is 1. The first-order chi connectivity index (χ1) is 5.04. The zero-order valence-electron chi connectivity index (χ0n) is 6.43. The van der Waals surface area contributed by atoms with Gasteiger partial charge in [-0.25, -0.2) is 0 Å². The van der Waals surface area contributed by atoms with E-state index in [1.54, 1.807) is 13.8 Å². The van der Waals surface area contributed by atoms with Gasteiger partial charge < -0.3 is 0 Å². The van der Waals surface area contributed by atoms with E-state index in [-0.39, 0.29) is 29.0 Å². The molecule has 1 heterocycles. The third-order valence-corrected chi connectivity index (χ3v) is 2.27. The Hall–Kier alpha value is -0.570. The lowest BCUT2D eigenvalue weighted by molar-refractivity contribution is -0.126. The minimum atomic E-state index is -0.357. The number of hydrogen-bond donors (Lipinski definition) is 1. The molecule has 11 heavy (non-hydrogen) atoms. The second-order valence-electron chi connectivity index (χ2n) is 2.85. The van der Waals surface area contributed by atoms with E-state index >= 15 is 0 Å². The van der Waals surface area contributed by atoms with E-state index in [4.69, 9.17) is 11.6 Å². The lowest BCUT2D eigenvalue weighted by atomic mass is 9.94. The van der Waals surface area contributed by atoms with Crippen LogP contribution in [0, 0.1) is 11.8 Å². The topological polar surface area (TPSA) is 46.2 Å². The highest BCUT2D eigenvalue weighted by Gasteiger charge is 2.40. The zero-order chi connectivity index (χ0) is 8.59. The highest BCUT2D eigenvalue weighted by molar-refractivity contribution is 6.23. The summed E-state index contributed by atoms with van der Waals surface area (Å²) in [5.74, 6) is -1.10. The van der Waals surface area contributed by atoms with Crippen LogP contribution in [0.5, 0.6) is 0 Å². The van der Waals surface area contributed by atoms with Crippen LogP contribution in [0.4, 0.5) is 0 Å². The van der Waals surface area contributed by atoms with Gasteiger partial charge in [-0.05, 0) is 6.92 Å². The van der Waals surface area contributed by atoms with Gasteiger partial charge >= 0.3 is 0 Å². The van der Waals surface area contributed by atoms with Crippen LogP contribution in [0.3, 0.4) is 0 Å². The van der Waals surface area contributed by atoms with Crippen LogP contribution >= 0.6 is 11.6 Å². The highest BCUT2D eigenvalue weighted by Crippen LogP contribution is 2.24. The quantitative estimate of drug-likeness (QED) is 0.467. The van der Waals surface area contributed by atoms with Crippen LogP contribution in [-0.2, 0) is 9.59 Å². The Morgan fingerprint density at radius 1 is 1.45 bits per heavy atom. The molecule has 1 saturated heterocycles. The molecule has 3 nitrogen and oxygen atoms in total. The summed E-state index contributed by atoms with van der Waals surface area (Å²) in [4.78, 5) is 21.9. The minimum absolute atomic E-state index is 0.215. The molecule has 1 rings (SSSR count). The summed E-state index contributed by atoms with van der Waals surface area (Å²) in [5, 5.41) is 1.95. The Morgan fingerprint density at radius 3 is 2.18 bits per heavy atom. The van der Waals surface area contributed by atoms with Crippen LogP contribution in [0.25, 0.3) is 0 Å². The normalized spacial score (nSPS) is 33.7. The molecule has 4 heteroatoms. The summed E-state index contributed by atoms with van der Waals surface area (Å²) >= 11 is 5.73. The van der Waals surface area contributed by atoms with Crippen molar-refractivity contribution in [1.82, 2.24) is 5.32 Å². The molecule has 0 radical (unpaired) electrons. The fourth-order valence-corrected chi connectivity index (χ4v) is 1.65. The predicted octanol–water partition coefficient (Wildman–Crippen LogP) is 0.522. The summed E-state index contributed by atoms with van der Waals surface area (Å²) in [6, 6.07) is 0. The molecule has 3 atom stereocenters. The third-order valence-electron chi connectivity index (χ3n) is 2.00. The molecular weight excluding hydrogens is 166 g/mol. The fourth-order valence-electron chi connectivity index (χ4n) is 1.32. The molecule has 0 spiro atoms. The Labute approximate surface area is 70.1 Å². The zero-order valence-corrected chi connectivity index (χ0v) is 7.18. The average molecular weight is 176 g/mol. The van der Waals surface area contributed by atoms with E-state index in [1.165, 1.54) is 0 Å². The maximum atomic E-state index is 11.0. The molecule has 1 N–H and O–H groups in total. The van der Waals surface area contributed by atoms with Gasteiger partial charge in [0.15, 0.2) is 0 Å². The van der Waals surface area contributed by atoms with Gasteiger partial charge in [0.1, 0.15) is 0 Å². The second kappa shape index (κ2) is 2.81. The molecule has 0 bridgehead atoms. The van der Waals surface area contributed by atoms with Gasteiger partial charge in [-0.3, -0.25) is 14.9 Å². The van der Waals surface area contributed by atoms with Gasteiger partial charge in [0.25, 0.3) is 0 Å². The number of alkyl halides is 1. The largest absolute Gasteiger partial charge is 0.296 e. The number of rotatable bonds is 1. The molecule has 0 aromatic rings. The Kier molecular flexibility index (Phi) is 2.18. The van der Waals surface area contributed by atoms with Crippen molar-refractivity contribution in [2.75, 3.05) is 0 Å². The first-order valence-corrected chi connectivity index (χ1v) is 3.96. The van der Waals surface area contributed by atoms with Gasteiger partial charge in [-0.1, -0.05) is 6.92 Å². The highest BCUT2D eigenvalue weighted by atomic mass is 35.5. The lowest BCUT2D eigenvalue weighted by Gasteiger charge is -2.11. The summed E-state index contributed by atoms with van der Waals surface area (Å²) in [7, 11) is 0. The van der Waals surface area contributed by atoms with Gasteiger partial charge in [-0.15, -0.1) is 11.6 Å². The molecular formula is C7H10ClNO2. The molecule has 0 saturated carbocycles. The molecule has 0 aromatic carbocycles. The number of hydrogen-bond acceptors (Lipinski definition) is 2. The van der Waals surface area contributed by atoms with E-state index in [0.29, 0.717) is 0 Å². The third kappa shape index (κ3) is 1.38. The maximum Gasteiger partial charge on any atom is 0.231 e. The van der Waals surface area contributed by atoms with Crippen molar-refractivity contribution >= 4 is 23.4 Å². The van der Waals surface area contributed by atoms with Crippen molar-refractivity contribution in [1.29, 1.82) is 0 Å². The molecule has 1 aliphatic heterocycles. The van der Waals surface area contributed by atoms with E-state index in [2.05, 4.69) is 5.32 Å². The SMILES string of the molecule is CC(Cl)[C@H]1C(=O)NC(=O)[C@H]1C. The summed E-state index contributed by atoms with van der Waals surface area (Å²) in [6.45, 7) is 3.44. The van der Waals surface area contributed by atoms with Crippen LogP contribution in [0.15, 0.2) is 0 Å². The van der Waals surface area contributed by atoms with Crippen LogP contribution in [0.2, 0.25) is 0 Å². The number of carbonyl (C=O) groups excluding carboxylic acids is 2. The summed E-state index contributed by atoms with van der Waals surface area (Å²) in [6.07, 6.45) is 0. The van der Waals surface area contributed by atoms with Crippen molar-refractivity contribution < 1.29 is 9.59 Å². The first kappa shape index (κ1) is 8.53. The second-order valence-corrected chi connectivity index (χ2v) is 3.53. The van der Waals surface area contributed by atoms with Crippen molar-refractivity contribution in [3.8, 4) is 0 Å². The fraction of sp³-hybridized carbons (Fsp3) is 0.714. The van der Waals surface area contributed by atoms with Gasteiger partial charge in [0, 0.05) is 11.3 Å². The predicted molar refractivity (Wildman–Crippen MR) is 41.1 cm³/mol. The monoisotopic (exact) mass is 175 g/mol. The van der Waals surface area contributed by atoms with E-state index in [1.807, 2.05) is 0 Å². The summed E-state index contributed by atoms with van der Waals surface area (Å²) in [5.41, 5.74) is 0. The van der Waals surface area contributed by atoms with E-state index < -0.39 is 0 Å². The van der Waals surface area contributed by atoms with Crippen LogP contribution < -0.4 is 5.32 Å². The van der Waals surface area contributed by atoms with Crippen LogP contribution in [-0.4, -0.2) is 17.2 Å². The Bertz CT molecular complexity index is 203. The number of imide groups is 1. The van der Waals surface area contributed by atoms with Crippen molar-refractivity contribution in [2.45, 2.75) is 19.2 Å². The van der Waals surface area contributed by atoms with Crippen molar-refractivity contribution in [3.63, 3.8) is 0 Å². The molecule has 62 valence electrons. The van der Waals surface area contributed by atoms with Gasteiger partial charge in [-0.2, -0.15) is 0 Å². The molecule has 1 aliphatic rings. The average Bonchev–Trinajstić information content (AvgIpc) is 2.07.